The third-order valence-electron chi connectivity index (χ3n) is 3.22. The summed E-state index contributed by atoms with van der Waals surface area (Å²) in [5, 5.41) is 8.94. The van der Waals surface area contributed by atoms with Crippen LogP contribution in [0.4, 0.5) is 0 Å². The molecule has 1 atom stereocenters. The number of rotatable bonds is 6. The quantitative estimate of drug-likeness (QED) is 0.825. The molecule has 0 aliphatic heterocycles. The Hall–Kier alpha value is -1.17. The van der Waals surface area contributed by atoms with Crippen molar-refractivity contribution in [2.75, 3.05) is 13.6 Å². The lowest BCUT2D eigenvalue weighted by Gasteiger charge is -2.17. The van der Waals surface area contributed by atoms with Gasteiger partial charge in [0, 0.05) is 27.3 Å². The zero-order chi connectivity index (χ0) is 15.4. The van der Waals surface area contributed by atoms with E-state index in [4.69, 9.17) is 5.11 Å². The maximum atomic E-state index is 10.9. The van der Waals surface area contributed by atoms with Gasteiger partial charge in [0.15, 0.2) is 0 Å². The van der Waals surface area contributed by atoms with E-state index >= 15 is 0 Å². The predicted molar refractivity (Wildman–Crippen MR) is 90.6 cm³/mol. The van der Waals surface area contributed by atoms with Crippen LogP contribution in [0, 0.1) is 5.92 Å². The molecular weight excluding hydrogens is 350 g/mol. The highest BCUT2D eigenvalue weighted by Crippen LogP contribution is 2.29. The van der Waals surface area contributed by atoms with Crippen molar-refractivity contribution < 1.29 is 9.90 Å². The zero-order valence-corrected chi connectivity index (χ0v) is 14.4. The van der Waals surface area contributed by atoms with Crippen LogP contribution in [0.15, 0.2) is 40.9 Å². The molecule has 0 saturated carbocycles. The van der Waals surface area contributed by atoms with Crippen molar-refractivity contribution in [2.24, 2.45) is 5.92 Å². The molecule has 1 unspecified atom stereocenters. The second-order valence-corrected chi connectivity index (χ2v) is 7.29. The summed E-state index contributed by atoms with van der Waals surface area (Å²) >= 11 is 5.19. The topological polar surface area (TPSA) is 40.5 Å². The maximum absolute atomic E-state index is 10.9. The number of halogens is 1. The van der Waals surface area contributed by atoms with E-state index < -0.39 is 5.97 Å². The molecule has 0 spiro atoms. The summed E-state index contributed by atoms with van der Waals surface area (Å²) in [5.74, 6) is -1.09. The summed E-state index contributed by atoms with van der Waals surface area (Å²) in [6.07, 6.45) is 0. The van der Waals surface area contributed by atoms with Crippen molar-refractivity contribution in [1.29, 1.82) is 0 Å². The molecule has 0 radical (unpaired) electrons. The highest BCUT2D eigenvalue weighted by Gasteiger charge is 2.14. The molecule has 0 amide bonds. The Morgan fingerprint density at radius 1 is 1.29 bits per heavy atom. The van der Waals surface area contributed by atoms with E-state index in [-0.39, 0.29) is 5.92 Å². The highest BCUT2D eigenvalue weighted by atomic mass is 79.9. The van der Waals surface area contributed by atoms with E-state index in [1.807, 2.05) is 19.2 Å². The summed E-state index contributed by atoms with van der Waals surface area (Å²) in [6.45, 7) is 3.07. The molecule has 21 heavy (non-hydrogen) atoms. The predicted octanol–water partition coefficient (Wildman–Crippen LogP) is 4.33. The van der Waals surface area contributed by atoms with Gasteiger partial charge in [0.2, 0.25) is 0 Å². The maximum Gasteiger partial charge on any atom is 0.307 e. The van der Waals surface area contributed by atoms with Crippen LogP contribution in [0.25, 0.3) is 10.4 Å². The average molecular weight is 368 g/mol. The molecule has 1 aromatic heterocycles. The average Bonchev–Trinajstić information content (AvgIpc) is 2.87. The van der Waals surface area contributed by atoms with Gasteiger partial charge >= 0.3 is 5.97 Å². The van der Waals surface area contributed by atoms with Gasteiger partial charge in [-0.3, -0.25) is 4.79 Å². The molecule has 112 valence electrons. The third kappa shape index (κ3) is 4.66. The van der Waals surface area contributed by atoms with E-state index in [2.05, 4.69) is 45.1 Å². The summed E-state index contributed by atoms with van der Waals surface area (Å²) in [5.41, 5.74) is 1.20. The van der Waals surface area contributed by atoms with Crippen molar-refractivity contribution in [1.82, 2.24) is 4.90 Å². The van der Waals surface area contributed by atoms with Crippen LogP contribution >= 0.6 is 27.3 Å². The van der Waals surface area contributed by atoms with Crippen LogP contribution in [0.1, 0.15) is 11.8 Å². The van der Waals surface area contributed by atoms with Gasteiger partial charge in [0.1, 0.15) is 0 Å². The van der Waals surface area contributed by atoms with Gasteiger partial charge in [-0.15, -0.1) is 11.3 Å². The fourth-order valence-corrected chi connectivity index (χ4v) is 3.47. The van der Waals surface area contributed by atoms with Crippen LogP contribution in [0.2, 0.25) is 0 Å². The summed E-state index contributed by atoms with van der Waals surface area (Å²) in [4.78, 5) is 15.4. The number of hydrogen-bond donors (Lipinski definition) is 1. The standard InChI is InChI=1S/C16H18BrNO2S/c1-11(16(19)20)9-18(2)10-14-7-8-15(21-14)12-3-5-13(17)6-4-12/h3-8,11H,9-10H2,1-2H3,(H,19,20). The molecule has 3 nitrogen and oxygen atoms in total. The van der Waals surface area contributed by atoms with Crippen LogP contribution in [0.3, 0.4) is 0 Å². The Morgan fingerprint density at radius 2 is 1.95 bits per heavy atom. The zero-order valence-electron chi connectivity index (χ0n) is 12.0. The number of carboxylic acid groups (broad SMARTS) is 1. The lowest BCUT2D eigenvalue weighted by Crippen LogP contribution is -2.27. The van der Waals surface area contributed by atoms with Crippen molar-refractivity contribution in [2.45, 2.75) is 13.5 Å². The molecular formula is C16H18BrNO2S. The minimum atomic E-state index is -0.747. The number of benzene rings is 1. The molecule has 0 saturated heterocycles. The Kier molecular flexibility index (Phi) is 5.56. The minimum absolute atomic E-state index is 0.346. The highest BCUT2D eigenvalue weighted by molar-refractivity contribution is 9.10. The van der Waals surface area contributed by atoms with Crippen LogP contribution in [0.5, 0.6) is 0 Å². The molecule has 1 heterocycles. The summed E-state index contributed by atoms with van der Waals surface area (Å²) in [7, 11) is 1.96. The van der Waals surface area contributed by atoms with E-state index in [9.17, 15) is 4.79 Å². The van der Waals surface area contributed by atoms with Gasteiger partial charge in [-0.1, -0.05) is 35.0 Å². The molecule has 0 fully saturated rings. The molecule has 1 N–H and O–H groups in total. The number of hydrogen-bond acceptors (Lipinski definition) is 3. The summed E-state index contributed by atoms with van der Waals surface area (Å²) < 4.78 is 1.07. The molecule has 1 aromatic carbocycles. The minimum Gasteiger partial charge on any atom is -0.481 e. The Balaban J connectivity index is 2.00. The second kappa shape index (κ2) is 7.20. The first-order chi connectivity index (χ1) is 9.95. The van der Waals surface area contributed by atoms with Crippen LogP contribution in [-0.2, 0) is 11.3 Å². The van der Waals surface area contributed by atoms with Gasteiger partial charge in [0.25, 0.3) is 0 Å². The van der Waals surface area contributed by atoms with Crippen molar-refractivity contribution in [3.8, 4) is 10.4 Å². The molecule has 2 aromatic rings. The lowest BCUT2D eigenvalue weighted by molar-refractivity contribution is -0.141. The van der Waals surface area contributed by atoms with Crippen LogP contribution < -0.4 is 0 Å². The van der Waals surface area contributed by atoms with Crippen LogP contribution in [-0.4, -0.2) is 29.6 Å². The number of carboxylic acids is 1. The van der Waals surface area contributed by atoms with E-state index in [1.165, 1.54) is 15.3 Å². The van der Waals surface area contributed by atoms with Crippen molar-refractivity contribution in [3.05, 3.63) is 45.7 Å². The largest absolute Gasteiger partial charge is 0.481 e. The van der Waals surface area contributed by atoms with Gasteiger partial charge in [-0.05, 0) is 36.9 Å². The van der Waals surface area contributed by atoms with Crippen molar-refractivity contribution in [3.63, 3.8) is 0 Å². The number of thiophene rings is 1. The Labute approximate surface area is 137 Å². The number of aliphatic carboxylic acids is 1. The van der Waals surface area contributed by atoms with E-state index in [0.29, 0.717) is 6.54 Å². The number of nitrogens with zero attached hydrogens (tertiary/aromatic N) is 1. The number of carbonyl (C=O) groups is 1. The third-order valence-corrected chi connectivity index (χ3v) is 4.87. The summed E-state index contributed by atoms with van der Waals surface area (Å²) in [6, 6.07) is 12.5. The monoisotopic (exact) mass is 367 g/mol. The van der Waals surface area contributed by atoms with Gasteiger partial charge < -0.3 is 10.0 Å². The van der Waals surface area contributed by atoms with Gasteiger partial charge in [-0.25, -0.2) is 0 Å². The lowest BCUT2D eigenvalue weighted by atomic mass is 10.2. The smallest absolute Gasteiger partial charge is 0.307 e. The normalized spacial score (nSPS) is 12.6. The molecule has 0 bridgehead atoms. The first kappa shape index (κ1) is 16.2. The molecule has 2 rings (SSSR count). The Morgan fingerprint density at radius 3 is 2.57 bits per heavy atom. The fourth-order valence-electron chi connectivity index (χ4n) is 2.11. The van der Waals surface area contributed by atoms with Crippen molar-refractivity contribution >= 4 is 33.2 Å². The molecule has 0 aliphatic carbocycles. The van der Waals surface area contributed by atoms with E-state index in [0.717, 1.165) is 11.0 Å². The second-order valence-electron chi connectivity index (χ2n) is 5.21. The van der Waals surface area contributed by atoms with E-state index in [1.54, 1.807) is 18.3 Å². The first-order valence-corrected chi connectivity index (χ1v) is 8.32. The Bertz CT molecular complexity index is 609. The van der Waals surface area contributed by atoms with Gasteiger partial charge in [-0.2, -0.15) is 0 Å². The fraction of sp³-hybridized carbons (Fsp3) is 0.312. The SMILES string of the molecule is CC(CN(C)Cc1ccc(-c2ccc(Br)cc2)s1)C(=O)O. The van der Waals surface area contributed by atoms with Gasteiger partial charge in [0.05, 0.1) is 5.92 Å². The first-order valence-electron chi connectivity index (χ1n) is 6.71. The molecule has 5 heteroatoms. The molecule has 0 aliphatic rings.